The molecule has 2 atom stereocenters. The van der Waals surface area contributed by atoms with Gasteiger partial charge < -0.3 is 15.4 Å². The summed E-state index contributed by atoms with van der Waals surface area (Å²) >= 11 is 0. The van der Waals surface area contributed by atoms with Gasteiger partial charge in [0.05, 0.1) is 13.2 Å². The Hall–Kier alpha value is -1.39. The summed E-state index contributed by atoms with van der Waals surface area (Å²) in [7, 11) is 1.63. The van der Waals surface area contributed by atoms with Crippen LogP contribution in [0.1, 0.15) is 32.4 Å². The molecule has 0 bridgehead atoms. The molecular formula is C16H26N2O2. The van der Waals surface area contributed by atoms with Crippen molar-refractivity contribution in [3.63, 3.8) is 0 Å². The van der Waals surface area contributed by atoms with Crippen molar-refractivity contribution in [1.29, 1.82) is 0 Å². The lowest BCUT2D eigenvalue weighted by molar-refractivity contribution is -0.121. The van der Waals surface area contributed by atoms with E-state index in [4.69, 9.17) is 4.74 Å². The molecule has 0 aliphatic heterocycles. The van der Waals surface area contributed by atoms with Crippen molar-refractivity contribution in [1.82, 2.24) is 10.6 Å². The molecule has 0 aliphatic carbocycles. The highest BCUT2D eigenvalue weighted by Gasteiger charge is 2.16. The number of hydrogen-bond donors (Lipinski definition) is 2. The monoisotopic (exact) mass is 278 g/mol. The topological polar surface area (TPSA) is 50.4 Å². The van der Waals surface area contributed by atoms with Crippen LogP contribution in [0.5, 0.6) is 0 Å². The van der Waals surface area contributed by atoms with Crippen LogP contribution in [0.25, 0.3) is 0 Å². The van der Waals surface area contributed by atoms with Crippen molar-refractivity contribution in [2.75, 3.05) is 20.3 Å². The van der Waals surface area contributed by atoms with E-state index in [1.807, 2.05) is 25.1 Å². The van der Waals surface area contributed by atoms with Crippen LogP contribution >= 0.6 is 0 Å². The molecule has 4 nitrogen and oxygen atoms in total. The summed E-state index contributed by atoms with van der Waals surface area (Å²) in [6.45, 7) is 7.06. The molecule has 2 N–H and O–H groups in total. The molecule has 112 valence electrons. The van der Waals surface area contributed by atoms with Crippen molar-refractivity contribution in [2.24, 2.45) is 5.92 Å². The summed E-state index contributed by atoms with van der Waals surface area (Å²) in [6, 6.07) is 10.4. The number of ether oxygens (including phenoxy) is 1. The number of methoxy groups -OCH3 is 1. The third-order valence-corrected chi connectivity index (χ3v) is 3.13. The van der Waals surface area contributed by atoms with Crippen LogP contribution in [-0.4, -0.2) is 32.2 Å². The van der Waals surface area contributed by atoms with Gasteiger partial charge in [0, 0.05) is 19.2 Å². The molecule has 2 unspecified atom stereocenters. The van der Waals surface area contributed by atoms with Crippen LogP contribution < -0.4 is 10.6 Å². The Labute approximate surface area is 121 Å². The zero-order valence-corrected chi connectivity index (χ0v) is 12.8. The minimum atomic E-state index is -0.00358. The second-order valence-corrected chi connectivity index (χ2v) is 5.44. The van der Waals surface area contributed by atoms with Crippen LogP contribution in [0.3, 0.4) is 0 Å². The summed E-state index contributed by atoms with van der Waals surface area (Å²) in [4.78, 5) is 11.9. The quantitative estimate of drug-likeness (QED) is 0.766. The van der Waals surface area contributed by atoms with Crippen molar-refractivity contribution in [3.05, 3.63) is 35.9 Å². The maximum atomic E-state index is 11.9. The van der Waals surface area contributed by atoms with Gasteiger partial charge in [-0.25, -0.2) is 0 Å². The van der Waals surface area contributed by atoms with Gasteiger partial charge in [0.25, 0.3) is 0 Å². The van der Waals surface area contributed by atoms with Crippen molar-refractivity contribution in [2.45, 2.75) is 32.9 Å². The van der Waals surface area contributed by atoms with Crippen LogP contribution in [-0.2, 0) is 9.53 Å². The number of amides is 1. The van der Waals surface area contributed by atoms with Gasteiger partial charge in [-0.1, -0.05) is 44.2 Å². The predicted molar refractivity (Wildman–Crippen MR) is 81.5 cm³/mol. The van der Waals surface area contributed by atoms with Crippen molar-refractivity contribution < 1.29 is 9.53 Å². The lowest BCUT2D eigenvalue weighted by Gasteiger charge is -2.23. The second kappa shape index (κ2) is 8.72. The summed E-state index contributed by atoms with van der Waals surface area (Å²) < 4.78 is 5.00. The van der Waals surface area contributed by atoms with Gasteiger partial charge in [0.15, 0.2) is 0 Å². The largest absolute Gasteiger partial charge is 0.383 e. The van der Waals surface area contributed by atoms with Crippen LogP contribution in [0.2, 0.25) is 0 Å². The van der Waals surface area contributed by atoms with E-state index < -0.39 is 0 Å². The number of rotatable bonds is 8. The molecule has 0 aromatic heterocycles. The van der Waals surface area contributed by atoms with E-state index in [1.165, 1.54) is 5.56 Å². The zero-order chi connectivity index (χ0) is 15.0. The van der Waals surface area contributed by atoms with E-state index in [-0.39, 0.29) is 18.0 Å². The highest BCUT2D eigenvalue weighted by molar-refractivity contribution is 5.78. The Morgan fingerprint density at radius 3 is 2.40 bits per heavy atom. The van der Waals surface area contributed by atoms with Gasteiger partial charge in [-0.05, 0) is 18.4 Å². The SMILES string of the molecule is COCC(C)NC(=O)CNC(c1ccccc1)C(C)C. The number of carbonyl (C=O) groups excluding carboxylic acids is 1. The maximum Gasteiger partial charge on any atom is 0.234 e. The Kier molecular flexibility index (Phi) is 7.26. The minimum Gasteiger partial charge on any atom is -0.383 e. The Balaban J connectivity index is 2.50. The molecule has 1 aromatic carbocycles. The molecule has 0 saturated heterocycles. The molecule has 20 heavy (non-hydrogen) atoms. The van der Waals surface area contributed by atoms with Gasteiger partial charge in [0.1, 0.15) is 0 Å². The van der Waals surface area contributed by atoms with Crippen molar-refractivity contribution >= 4 is 5.91 Å². The van der Waals surface area contributed by atoms with E-state index in [9.17, 15) is 4.79 Å². The first kappa shape index (κ1) is 16.7. The molecule has 4 heteroatoms. The standard InChI is InChI=1S/C16H26N2O2/c1-12(2)16(14-8-6-5-7-9-14)17-10-15(19)18-13(3)11-20-4/h5-9,12-13,16-17H,10-11H2,1-4H3,(H,18,19). The van der Waals surface area contributed by atoms with Gasteiger partial charge in [0.2, 0.25) is 5.91 Å². The van der Waals surface area contributed by atoms with Gasteiger partial charge in [-0.3, -0.25) is 4.79 Å². The molecule has 0 fully saturated rings. The van der Waals surface area contributed by atoms with Gasteiger partial charge in [-0.2, -0.15) is 0 Å². The number of carbonyl (C=O) groups is 1. The smallest absolute Gasteiger partial charge is 0.234 e. The summed E-state index contributed by atoms with van der Waals surface area (Å²) in [6.07, 6.45) is 0. The first-order valence-electron chi connectivity index (χ1n) is 7.11. The molecule has 0 saturated carbocycles. The van der Waals surface area contributed by atoms with E-state index >= 15 is 0 Å². The highest BCUT2D eigenvalue weighted by Crippen LogP contribution is 2.20. The minimum absolute atomic E-state index is 0.00358. The molecule has 0 heterocycles. The third kappa shape index (κ3) is 5.72. The molecule has 1 rings (SSSR count). The van der Waals surface area contributed by atoms with E-state index in [0.717, 1.165) is 0 Å². The molecule has 1 aromatic rings. The van der Waals surface area contributed by atoms with E-state index in [2.05, 4.69) is 36.6 Å². The Morgan fingerprint density at radius 1 is 1.20 bits per heavy atom. The molecule has 0 spiro atoms. The van der Waals surface area contributed by atoms with Gasteiger partial charge >= 0.3 is 0 Å². The zero-order valence-electron chi connectivity index (χ0n) is 12.8. The summed E-state index contributed by atoms with van der Waals surface area (Å²) in [5.41, 5.74) is 1.21. The predicted octanol–water partition coefficient (Wildman–Crippen LogP) is 2.12. The molecule has 0 aliphatic rings. The third-order valence-electron chi connectivity index (χ3n) is 3.13. The second-order valence-electron chi connectivity index (χ2n) is 5.44. The van der Waals surface area contributed by atoms with E-state index in [1.54, 1.807) is 7.11 Å². The molecular weight excluding hydrogens is 252 g/mol. The average molecular weight is 278 g/mol. The lowest BCUT2D eigenvalue weighted by atomic mass is 9.96. The van der Waals surface area contributed by atoms with Gasteiger partial charge in [-0.15, -0.1) is 0 Å². The van der Waals surface area contributed by atoms with Crippen molar-refractivity contribution in [3.8, 4) is 0 Å². The maximum absolute atomic E-state index is 11.9. The number of benzene rings is 1. The first-order chi connectivity index (χ1) is 9.54. The fourth-order valence-electron chi connectivity index (χ4n) is 2.22. The van der Waals surface area contributed by atoms with Crippen LogP contribution in [0, 0.1) is 5.92 Å². The normalized spacial score (nSPS) is 14.1. The Bertz CT molecular complexity index is 393. The van der Waals surface area contributed by atoms with E-state index in [0.29, 0.717) is 19.1 Å². The highest BCUT2D eigenvalue weighted by atomic mass is 16.5. The molecule has 1 amide bonds. The number of nitrogens with one attached hydrogen (secondary N) is 2. The first-order valence-corrected chi connectivity index (χ1v) is 7.11. The number of hydrogen-bond acceptors (Lipinski definition) is 3. The molecule has 0 radical (unpaired) electrons. The van der Waals surface area contributed by atoms with Crippen LogP contribution in [0.4, 0.5) is 0 Å². The van der Waals surface area contributed by atoms with Crippen LogP contribution in [0.15, 0.2) is 30.3 Å². The fraction of sp³-hybridized carbons (Fsp3) is 0.562. The lowest BCUT2D eigenvalue weighted by Crippen LogP contribution is -2.42. The average Bonchev–Trinajstić information content (AvgIpc) is 2.40. The summed E-state index contributed by atoms with van der Waals surface area (Å²) in [5.74, 6) is 0.415. The fourth-order valence-corrected chi connectivity index (χ4v) is 2.22. The summed E-state index contributed by atoms with van der Waals surface area (Å²) in [5, 5.41) is 6.23. The Morgan fingerprint density at radius 2 is 1.85 bits per heavy atom.